The second kappa shape index (κ2) is 4.69. The van der Waals surface area contributed by atoms with Gasteiger partial charge in [0.25, 0.3) is 0 Å². The first-order valence-corrected chi connectivity index (χ1v) is 5.99. The first-order chi connectivity index (χ1) is 9.65. The van der Waals surface area contributed by atoms with E-state index in [1.165, 1.54) is 7.11 Å². The molecular weight excluding hydrogens is 258 g/mol. The van der Waals surface area contributed by atoms with Crippen LogP contribution in [0.4, 0.5) is 10.7 Å². The SMILES string of the molecule is COC(=O)Nc1nc2ccc(-c3cnn(C)c3)cc2[nH]1. The van der Waals surface area contributed by atoms with Crippen LogP contribution in [0.5, 0.6) is 0 Å². The topological polar surface area (TPSA) is 84.8 Å². The fourth-order valence-corrected chi connectivity index (χ4v) is 1.97. The number of imidazole rings is 1. The summed E-state index contributed by atoms with van der Waals surface area (Å²) in [6.07, 6.45) is 3.17. The molecule has 3 aromatic rings. The maximum absolute atomic E-state index is 11.1. The Bertz CT molecular complexity index is 774. The van der Waals surface area contributed by atoms with Crippen LogP contribution < -0.4 is 5.32 Å². The Morgan fingerprint density at radius 2 is 2.25 bits per heavy atom. The van der Waals surface area contributed by atoms with Crippen molar-refractivity contribution in [1.82, 2.24) is 19.7 Å². The van der Waals surface area contributed by atoms with E-state index in [1.54, 1.807) is 10.9 Å². The van der Waals surface area contributed by atoms with Crippen molar-refractivity contribution in [2.45, 2.75) is 0 Å². The molecular formula is C13H13N5O2. The van der Waals surface area contributed by atoms with Crippen molar-refractivity contribution in [1.29, 1.82) is 0 Å². The maximum Gasteiger partial charge on any atom is 0.413 e. The highest BCUT2D eigenvalue weighted by molar-refractivity contribution is 5.88. The van der Waals surface area contributed by atoms with Gasteiger partial charge in [-0.2, -0.15) is 5.10 Å². The molecule has 2 aromatic heterocycles. The van der Waals surface area contributed by atoms with Crippen molar-refractivity contribution in [3.05, 3.63) is 30.6 Å². The van der Waals surface area contributed by atoms with Crippen LogP contribution in [0.15, 0.2) is 30.6 Å². The first-order valence-electron chi connectivity index (χ1n) is 5.99. The van der Waals surface area contributed by atoms with Crippen LogP contribution in [0.1, 0.15) is 0 Å². The van der Waals surface area contributed by atoms with Gasteiger partial charge in [-0.25, -0.2) is 9.78 Å². The molecule has 1 amide bonds. The Morgan fingerprint density at radius 3 is 2.95 bits per heavy atom. The third-order valence-electron chi connectivity index (χ3n) is 2.93. The van der Waals surface area contributed by atoms with Gasteiger partial charge in [-0.15, -0.1) is 0 Å². The number of anilines is 1. The summed E-state index contributed by atoms with van der Waals surface area (Å²) in [6.45, 7) is 0. The molecule has 2 heterocycles. The van der Waals surface area contributed by atoms with E-state index in [4.69, 9.17) is 0 Å². The van der Waals surface area contributed by atoms with Crippen LogP contribution in [0, 0.1) is 0 Å². The number of carbonyl (C=O) groups is 1. The number of amides is 1. The van der Waals surface area contributed by atoms with Crippen LogP contribution in [-0.4, -0.2) is 33.0 Å². The zero-order valence-corrected chi connectivity index (χ0v) is 11.0. The van der Waals surface area contributed by atoms with Crippen LogP contribution in [0.3, 0.4) is 0 Å². The molecule has 0 saturated carbocycles. The second-order valence-corrected chi connectivity index (χ2v) is 4.34. The molecule has 0 unspecified atom stereocenters. The molecule has 0 radical (unpaired) electrons. The summed E-state index contributed by atoms with van der Waals surface area (Å²) in [5.74, 6) is 0.357. The highest BCUT2D eigenvalue weighted by atomic mass is 16.5. The van der Waals surface area contributed by atoms with Crippen molar-refractivity contribution in [2.24, 2.45) is 7.05 Å². The van der Waals surface area contributed by atoms with E-state index in [0.29, 0.717) is 5.95 Å². The number of methoxy groups -OCH3 is 1. The van der Waals surface area contributed by atoms with Crippen molar-refractivity contribution < 1.29 is 9.53 Å². The number of fused-ring (bicyclic) bond motifs is 1. The number of carbonyl (C=O) groups excluding carboxylic acids is 1. The smallest absolute Gasteiger partial charge is 0.413 e. The van der Waals surface area contributed by atoms with E-state index >= 15 is 0 Å². The lowest BCUT2D eigenvalue weighted by Gasteiger charge is -1.97. The minimum atomic E-state index is -0.559. The number of aromatic nitrogens is 4. The van der Waals surface area contributed by atoms with Crippen LogP contribution in [0.25, 0.3) is 22.2 Å². The van der Waals surface area contributed by atoms with Gasteiger partial charge in [0, 0.05) is 18.8 Å². The number of nitrogens with one attached hydrogen (secondary N) is 2. The highest BCUT2D eigenvalue weighted by Crippen LogP contribution is 2.23. The summed E-state index contributed by atoms with van der Waals surface area (Å²) in [5.41, 5.74) is 3.65. The number of aromatic amines is 1. The lowest BCUT2D eigenvalue weighted by atomic mass is 10.1. The Morgan fingerprint density at radius 1 is 1.40 bits per heavy atom. The van der Waals surface area contributed by atoms with Gasteiger partial charge < -0.3 is 9.72 Å². The quantitative estimate of drug-likeness (QED) is 0.747. The number of hydrogen-bond donors (Lipinski definition) is 2. The summed E-state index contributed by atoms with van der Waals surface area (Å²) >= 11 is 0. The van der Waals surface area contributed by atoms with E-state index in [2.05, 4.69) is 25.1 Å². The molecule has 1 aromatic carbocycles. The zero-order valence-electron chi connectivity index (χ0n) is 11.0. The average molecular weight is 271 g/mol. The van der Waals surface area contributed by atoms with Gasteiger partial charge in [-0.05, 0) is 17.7 Å². The highest BCUT2D eigenvalue weighted by Gasteiger charge is 2.08. The summed E-state index contributed by atoms with van der Waals surface area (Å²) in [6, 6.07) is 5.81. The number of aryl methyl sites for hydroxylation is 1. The summed E-state index contributed by atoms with van der Waals surface area (Å²) < 4.78 is 6.27. The third kappa shape index (κ3) is 2.20. The minimum absolute atomic E-state index is 0.357. The Hall–Kier alpha value is -2.83. The third-order valence-corrected chi connectivity index (χ3v) is 2.93. The van der Waals surface area contributed by atoms with Crippen molar-refractivity contribution in [2.75, 3.05) is 12.4 Å². The molecule has 0 spiro atoms. The number of H-pyrrole nitrogens is 1. The largest absolute Gasteiger partial charge is 0.453 e. The Kier molecular flexibility index (Phi) is 2.86. The van der Waals surface area contributed by atoms with Crippen LogP contribution in [-0.2, 0) is 11.8 Å². The van der Waals surface area contributed by atoms with Gasteiger partial charge in [0.1, 0.15) is 0 Å². The molecule has 2 N–H and O–H groups in total. The molecule has 0 fully saturated rings. The number of hydrogen-bond acceptors (Lipinski definition) is 4. The van der Waals surface area contributed by atoms with Crippen molar-refractivity contribution in [3.63, 3.8) is 0 Å². The molecule has 3 rings (SSSR count). The molecule has 0 atom stereocenters. The number of ether oxygens (including phenoxy) is 1. The van der Waals surface area contributed by atoms with Gasteiger partial charge in [-0.1, -0.05) is 6.07 Å². The number of benzene rings is 1. The maximum atomic E-state index is 11.1. The summed E-state index contributed by atoms with van der Waals surface area (Å²) in [5, 5.41) is 6.65. The normalized spacial score (nSPS) is 10.7. The molecule has 0 aliphatic carbocycles. The van der Waals surface area contributed by atoms with Gasteiger partial charge in [0.15, 0.2) is 0 Å². The number of rotatable bonds is 2. The van der Waals surface area contributed by atoms with E-state index < -0.39 is 6.09 Å². The molecule has 0 bridgehead atoms. The Balaban J connectivity index is 1.97. The van der Waals surface area contributed by atoms with E-state index in [-0.39, 0.29) is 0 Å². The molecule has 0 aliphatic rings. The standard InChI is InChI=1S/C13H13N5O2/c1-18-7-9(6-14-18)8-3-4-10-11(5-8)16-12(15-10)17-13(19)20-2/h3-7H,1-2H3,(H2,15,16,17,19). The second-order valence-electron chi connectivity index (χ2n) is 4.34. The van der Waals surface area contributed by atoms with Gasteiger partial charge in [0.05, 0.1) is 24.3 Å². The minimum Gasteiger partial charge on any atom is -0.453 e. The molecule has 0 saturated heterocycles. The van der Waals surface area contributed by atoms with Gasteiger partial charge in [-0.3, -0.25) is 10.00 Å². The fraction of sp³-hybridized carbons (Fsp3) is 0.154. The predicted molar refractivity (Wildman–Crippen MR) is 74.3 cm³/mol. The predicted octanol–water partition coefficient (Wildman–Crippen LogP) is 2.14. The molecule has 20 heavy (non-hydrogen) atoms. The Labute approximate surface area is 114 Å². The van der Waals surface area contributed by atoms with Crippen LogP contribution in [0.2, 0.25) is 0 Å². The van der Waals surface area contributed by atoms with Crippen molar-refractivity contribution in [3.8, 4) is 11.1 Å². The van der Waals surface area contributed by atoms with Crippen LogP contribution >= 0.6 is 0 Å². The van der Waals surface area contributed by atoms with E-state index in [0.717, 1.165) is 22.2 Å². The lowest BCUT2D eigenvalue weighted by molar-refractivity contribution is 0.186. The molecule has 102 valence electrons. The fourth-order valence-electron chi connectivity index (χ4n) is 1.97. The van der Waals surface area contributed by atoms with E-state index in [1.807, 2.05) is 31.4 Å². The lowest BCUT2D eigenvalue weighted by Crippen LogP contribution is -2.11. The molecule has 0 aliphatic heterocycles. The molecule has 7 heteroatoms. The molecule has 7 nitrogen and oxygen atoms in total. The number of nitrogens with zero attached hydrogens (tertiary/aromatic N) is 3. The van der Waals surface area contributed by atoms with Gasteiger partial charge in [0.2, 0.25) is 5.95 Å². The monoisotopic (exact) mass is 271 g/mol. The summed E-state index contributed by atoms with van der Waals surface area (Å²) in [7, 11) is 3.18. The summed E-state index contributed by atoms with van der Waals surface area (Å²) in [4.78, 5) is 18.4. The zero-order chi connectivity index (χ0) is 14.1. The van der Waals surface area contributed by atoms with Crippen molar-refractivity contribution >= 4 is 23.1 Å². The average Bonchev–Trinajstić information content (AvgIpc) is 3.03. The first kappa shape index (κ1) is 12.2. The van der Waals surface area contributed by atoms with Gasteiger partial charge >= 0.3 is 6.09 Å². The van der Waals surface area contributed by atoms with E-state index in [9.17, 15) is 4.79 Å².